The Balaban J connectivity index is 2.55. The molecular formula is C9H7IO4. The molecule has 4 nitrogen and oxygen atoms in total. The number of carbonyl (C=O) groups excluding carboxylic acids is 2. The molecule has 0 fully saturated rings. The lowest BCUT2D eigenvalue weighted by Crippen LogP contribution is -2.15. The van der Waals surface area contributed by atoms with Gasteiger partial charge in [0, 0.05) is 0 Å². The zero-order valence-corrected chi connectivity index (χ0v) is 9.26. The van der Waals surface area contributed by atoms with E-state index < -0.39 is 11.9 Å². The van der Waals surface area contributed by atoms with E-state index in [1.165, 1.54) is 0 Å². The van der Waals surface area contributed by atoms with Gasteiger partial charge in [-0.1, -0.05) is 18.2 Å². The summed E-state index contributed by atoms with van der Waals surface area (Å²) in [5.41, 5.74) is 0.342. The Morgan fingerprint density at radius 3 is 2.43 bits per heavy atom. The van der Waals surface area contributed by atoms with Crippen LogP contribution in [-0.4, -0.2) is 18.5 Å². The van der Waals surface area contributed by atoms with Crippen molar-refractivity contribution in [2.24, 2.45) is 0 Å². The van der Waals surface area contributed by atoms with E-state index in [-0.39, 0.29) is 6.61 Å². The molecule has 1 rings (SSSR count). The fourth-order valence-electron chi connectivity index (χ4n) is 0.811. The first-order chi connectivity index (χ1) is 6.74. The van der Waals surface area contributed by atoms with Gasteiger partial charge in [0.15, 0.2) is 6.61 Å². The van der Waals surface area contributed by atoms with Crippen molar-refractivity contribution in [3.05, 3.63) is 35.9 Å². The van der Waals surface area contributed by atoms with E-state index in [9.17, 15) is 9.59 Å². The lowest BCUT2D eigenvalue weighted by Gasteiger charge is -2.00. The van der Waals surface area contributed by atoms with Gasteiger partial charge in [0.1, 0.15) is 23.0 Å². The maximum Gasteiger partial charge on any atom is 0.345 e. The third kappa shape index (κ3) is 3.43. The summed E-state index contributed by atoms with van der Waals surface area (Å²) in [7, 11) is 0. The van der Waals surface area contributed by atoms with Crippen LogP contribution in [0.3, 0.4) is 0 Å². The average molecular weight is 306 g/mol. The molecule has 0 aliphatic heterocycles. The summed E-state index contributed by atoms with van der Waals surface area (Å²) in [5.74, 6) is -1.36. The number of esters is 2. The summed E-state index contributed by atoms with van der Waals surface area (Å²) in [5, 5.41) is 0. The molecule has 0 unspecified atom stereocenters. The van der Waals surface area contributed by atoms with Crippen LogP contribution >= 0.6 is 23.0 Å². The number of hydrogen-bond donors (Lipinski definition) is 0. The first kappa shape index (κ1) is 11.1. The van der Waals surface area contributed by atoms with Crippen LogP contribution in [0.4, 0.5) is 0 Å². The number of ether oxygens (including phenoxy) is 1. The van der Waals surface area contributed by atoms with Gasteiger partial charge in [0.05, 0.1) is 5.56 Å². The predicted octanol–water partition coefficient (Wildman–Crippen LogP) is 1.74. The monoisotopic (exact) mass is 306 g/mol. The lowest BCUT2D eigenvalue weighted by molar-refractivity contribution is -0.139. The zero-order chi connectivity index (χ0) is 10.4. The van der Waals surface area contributed by atoms with Crippen LogP contribution in [0.1, 0.15) is 10.4 Å². The summed E-state index contributed by atoms with van der Waals surface area (Å²) in [4.78, 5) is 22.1. The third-order valence-electron chi connectivity index (χ3n) is 1.39. The van der Waals surface area contributed by atoms with E-state index >= 15 is 0 Å². The van der Waals surface area contributed by atoms with E-state index in [1.807, 2.05) is 0 Å². The highest BCUT2D eigenvalue weighted by atomic mass is 127. The molecule has 0 saturated heterocycles. The van der Waals surface area contributed by atoms with Gasteiger partial charge >= 0.3 is 11.9 Å². The average Bonchev–Trinajstić information content (AvgIpc) is 2.19. The second-order valence-corrected chi connectivity index (χ2v) is 3.00. The van der Waals surface area contributed by atoms with E-state index in [0.29, 0.717) is 5.56 Å². The van der Waals surface area contributed by atoms with Gasteiger partial charge in [0.25, 0.3) is 0 Å². The molecule has 5 heteroatoms. The van der Waals surface area contributed by atoms with Crippen molar-refractivity contribution in [2.75, 3.05) is 6.61 Å². The highest BCUT2D eigenvalue weighted by Gasteiger charge is 2.11. The van der Waals surface area contributed by atoms with E-state index in [2.05, 4.69) is 7.80 Å². The van der Waals surface area contributed by atoms with Gasteiger partial charge in [-0.05, 0) is 12.1 Å². The molecule has 0 aromatic heterocycles. The van der Waals surface area contributed by atoms with Crippen molar-refractivity contribution in [1.29, 1.82) is 0 Å². The minimum Gasteiger partial charge on any atom is -0.388 e. The second kappa shape index (κ2) is 5.71. The fraction of sp³-hybridized carbons (Fsp3) is 0.111. The van der Waals surface area contributed by atoms with Crippen LogP contribution in [0, 0.1) is 0 Å². The molecule has 0 atom stereocenters. The summed E-state index contributed by atoms with van der Waals surface area (Å²) in [6.45, 7) is -0.237. The molecule has 0 heterocycles. The quantitative estimate of drug-likeness (QED) is 0.485. The number of benzene rings is 1. The smallest absolute Gasteiger partial charge is 0.345 e. The molecule has 1 aromatic rings. The number of carbonyl (C=O) groups is 2. The van der Waals surface area contributed by atoms with Crippen molar-refractivity contribution in [3.63, 3.8) is 0 Å². The Labute approximate surface area is 94.9 Å². The zero-order valence-electron chi connectivity index (χ0n) is 7.10. The number of hydrogen-bond acceptors (Lipinski definition) is 4. The Hall–Kier alpha value is -0.950. The van der Waals surface area contributed by atoms with Crippen LogP contribution < -0.4 is 0 Å². The van der Waals surface area contributed by atoms with E-state index in [4.69, 9.17) is 0 Å². The molecule has 1 aromatic carbocycles. The summed E-state index contributed by atoms with van der Waals surface area (Å²) in [6.07, 6.45) is 0. The summed E-state index contributed by atoms with van der Waals surface area (Å²) < 4.78 is 8.95. The Bertz CT molecular complexity index is 323. The molecule has 0 radical (unpaired) electrons. The Kier molecular flexibility index (Phi) is 4.54. The maximum absolute atomic E-state index is 11.2. The fourth-order valence-corrected chi connectivity index (χ4v) is 1.06. The third-order valence-corrected chi connectivity index (χ3v) is 1.70. The Morgan fingerprint density at radius 2 is 1.86 bits per heavy atom. The lowest BCUT2D eigenvalue weighted by atomic mass is 10.2. The van der Waals surface area contributed by atoms with Crippen LogP contribution in [0.25, 0.3) is 0 Å². The van der Waals surface area contributed by atoms with Gasteiger partial charge < -0.3 is 7.80 Å². The molecule has 0 spiro atoms. The minimum atomic E-state index is -0.701. The van der Waals surface area contributed by atoms with Gasteiger partial charge in [0.2, 0.25) is 0 Å². The topological polar surface area (TPSA) is 52.6 Å². The highest BCUT2D eigenvalue weighted by Crippen LogP contribution is 2.01. The van der Waals surface area contributed by atoms with Crippen molar-refractivity contribution >= 4 is 34.9 Å². The first-order valence-electron chi connectivity index (χ1n) is 3.77. The molecular weight excluding hydrogens is 299 g/mol. The SMILES string of the molecule is O=C(COI)OC(=O)c1ccccc1. The van der Waals surface area contributed by atoms with Gasteiger partial charge in [-0.15, -0.1) is 0 Å². The standard InChI is InChI=1S/C9H7IO4/c10-13-6-8(11)14-9(12)7-4-2-1-3-5-7/h1-5H,6H2. The molecule has 74 valence electrons. The molecule has 0 amide bonds. The predicted molar refractivity (Wildman–Crippen MR) is 56.8 cm³/mol. The van der Waals surface area contributed by atoms with E-state index in [0.717, 1.165) is 0 Å². The summed E-state index contributed by atoms with van der Waals surface area (Å²) in [6, 6.07) is 8.29. The number of halogens is 1. The molecule has 0 saturated carbocycles. The minimum absolute atomic E-state index is 0.237. The molecule has 0 N–H and O–H groups in total. The second-order valence-electron chi connectivity index (χ2n) is 2.38. The molecule has 0 aliphatic rings. The van der Waals surface area contributed by atoms with Crippen LogP contribution in [-0.2, 0) is 12.6 Å². The van der Waals surface area contributed by atoms with Crippen LogP contribution in [0.5, 0.6) is 0 Å². The van der Waals surface area contributed by atoms with Crippen LogP contribution in [0.2, 0.25) is 0 Å². The van der Waals surface area contributed by atoms with Gasteiger partial charge in [-0.25, -0.2) is 9.59 Å². The van der Waals surface area contributed by atoms with Crippen molar-refractivity contribution in [1.82, 2.24) is 0 Å². The number of rotatable bonds is 3. The van der Waals surface area contributed by atoms with Crippen molar-refractivity contribution in [2.45, 2.75) is 0 Å². The van der Waals surface area contributed by atoms with Gasteiger partial charge in [-0.2, -0.15) is 0 Å². The van der Waals surface area contributed by atoms with Crippen molar-refractivity contribution < 1.29 is 17.4 Å². The van der Waals surface area contributed by atoms with Gasteiger partial charge in [-0.3, -0.25) is 0 Å². The molecule has 0 aliphatic carbocycles. The van der Waals surface area contributed by atoms with Crippen LogP contribution in [0.15, 0.2) is 30.3 Å². The maximum atomic E-state index is 11.2. The largest absolute Gasteiger partial charge is 0.388 e. The molecule has 14 heavy (non-hydrogen) atoms. The summed E-state index contributed by atoms with van der Waals surface area (Å²) >= 11 is 1.55. The normalized spacial score (nSPS) is 9.50. The molecule has 0 bridgehead atoms. The highest BCUT2D eigenvalue weighted by molar-refractivity contribution is 14.1. The van der Waals surface area contributed by atoms with E-state index in [1.54, 1.807) is 53.3 Å². The first-order valence-corrected chi connectivity index (χ1v) is 4.65. The Morgan fingerprint density at radius 1 is 1.21 bits per heavy atom. The van der Waals surface area contributed by atoms with Crippen molar-refractivity contribution in [3.8, 4) is 0 Å².